The Balaban J connectivity index is 1.42. The summed E-state index contributed by atoms with van der Waals surface area (Å²) in [6.07, 6.45) is 6.25. The van der Waals surface area contributed by atoms with Crippen LogP contribution in [0.25, 0.3) is 10.9 Å². The van der Waals surface area contributed by atoms with Gasteiger partial charge in [-0.3, -0.25) is 9.59 Å². The number of fused-ring (bicyclic) bond motifs is 1. The molecule has 2 N–H and O–H groups in total. The Morgan fingerprint density at radius 1 is 0.964 bits per heavy atom. The Labute approximate surface area is 164 Å². The minimum atomic E-state index is -0.0795. The van der Waals surface area contributed by atoms with Gasteiger partial charge in [0.25, 0.3) is 5.91 Å². The number of carbonyl (C=O) groups is 2. The van der Waals surface area contributed by atoms with Crippen molar-refractivity contribution < 1.29 is 9.59 Å². The molecule has 5 nitrogen and oxygen atoms in total. The highest BCUT2D eigenvalue weighted by Crippen LogP contribution is 2.22. The van der Waals surface area contributed by atoms with Crippen molar-refractivity contribution >= 4 is 28.4 Å². The third kappa shape index (κ3) is 3.93. The van der Waals surface area contributed by atoms with Crippen LogP contribution in [0.1, 0.15) is 41.6 Å². The quantitative estimate of drug-likeness (QED) is 0.696. The molecule has 144 valence electrons. The first-order chi connectivity index (χ1) is 13.7. The first kappa shape index (κ1) is 18.3. The Morgan fingerprint density at radius 2 is 1.71 bits per heavy atom. The predicted molar refractivity (Wildman–Crippen MR) is 111 cm³/mol. The molecule has 0 atom stereocenters. The van der Waals surface area contributed by atoms with Crippen LogP contribution in [0.4, 0.5) is 5.69 Å². The van der Waals surface area contributed by atoms with Crippen LogP contribution in [-0.4, -0.2) is 34.8 Å². The Hall–Kier alpha value is -3.08. The van der Waals surface area contributed by atoms with E-state index >= 15 is 0 Å². The van der Waals surface area contributed by atoms with Gasteiger partial charge in [0.15, 0.2) is 0 Å². The number of hydrogen-bond donors (Lipinski definition) is 2. The van der Waals surface area contributed by atoms with E-state index in [-0.39, 0.29) is 11.8 Å². The van der Waals surface area contributed by atoms with E-state index in [4.69, 9.17) is 0 Å². The number of piperidine rings is 1. The van der Waals surface area contributed by atoms with Crippen LogP contribution in [0.2, 0.25) is 0 Å². The SMILES string of the molecule is O=C(CCc1c[nH]c2ccccc12)Nc1ccccc1C(=O)N1CCCCC1. The number of aromatic nitrogens is 1. The van der Waals surface area contributed by atoms with E-state index in [1.165, 1.54) is 6.42 Å². The molecule has 2 amide bonds. The van der Waals surface area contributed by atoms with Gasteiger partial charge in [-0.15, -0.1) is 0 Å². The maximum absolute atomic E-state index is 12.9. The van der Waals surface area contributed by atoms with Crippen molar-refractivity contribution in [2.75, 3.05) is 18.4 Å². The van der Waals surface area contributed by atoms with Gasteiger partial charge in [0.1, 0.15) is 0 Å². The van der Waals surface area contributed by atoms with Gasteiger partial charge in [0.05, 0.1) is 11.3 Å². The van der Waals surface area contributed by atoms with Crippen molar-refractivity contribution in [3.05, 3.63) is 65.9 Å². The number of H-pyrrole nitrogens is 1. The van der Waals surface area contributed by atoms with Crippen LogP contribution >= 0.6 is 0 Å². The van der Waals surface area contributed by atoms with Gasteiger partial charge in [-0.25, -0.2) is 0 Å². The monoisotopic (exact) mass is 375 g/mol. The van der Waals surface area contributed by atoms with Crippen molar-refractivity contribution in [2.45, 2.75) is 32.1 Å². The van der Waals surface area contributed by atoms with Crippen molar-refractivity contribution in [3.8, 4) is 0 Å². The fourth-order valence-electron chi connectivity index (χ4n) is 3.85. The summed E-state index contributed by atoms with van der Waals surface area (Å²) >= 11 is 0. The summed E-state index contributed by atoms with van der Waals surface area (Å²) in [7, 11) is 0. The number of amides is 2. The zero-order chi connectivity index (χ0) is 19.3. The smallest absolute Gasteiger partial charge is 0.255 e. The minimum Gasteiger partial charge on any atom is -0.361 e. The number of aromatic amines is 1. The second-order valence-corrected chi connectivity index (χ2v) is 7.31. The maximum Gasteiger partial charge on any atom is 0.255 e. The number of nitrogens with one attached hydrogen (secondary N) is 2. The Kier molecular flexibility index (Phi) is 5.42. The largest absolute Gasteiger partial charge is 0.361 e. The number of rotatable bonds is 5. The molecule has 1 saturated heterocycles. The summed E-state index contributed by atoms with van der Waals surface area (Å²) in [4.78, 5) is 30.5. The molecule has 1 fully saturated rings. The number of hydrogen-bond acceptors (Lipinski definition) is 2. The van der Waals surface area contributed by atoms with E-state index in [1.54, 1.807) is 12.1 Å². The number of likely N-dealkylation sites (tertiary alicyclic amines) is 1. The zero-order valence-corrected chi connectivity index (χ0v) is 15.9. The number of aryl methyl sites for hydroxylation is 1. The molecular formula is C23H25N3O2. The maximum atomic E-state index is 12.9. The molecule has 2 heterocycles. The lowest BCUT2D eigenvalue weighted by molar-refractivity contribution is -0.116. The molecule has 0 radical (unpaired) electrons. The molecule has 0 unspecified atom stereocenters. The highest BCUT2D eigenvalue weighted by molar-refractivity contribution is 6.03. The van der Waals surface area contributed by atoms with Gasteiger partial charge in [-0.1, -0.05) is 30.3 Å². The number of carbonyl (C=O) groups excluding carboxylic acids is 2. The fraction of sp³-hybridized carbons (Fsp3) is 0.304. The molecule has 0 aliphatic carbocycles. The summed E-state index contributed by atoms with van der Waals surface area (Å²) in [5, 5.41) is 4.09. The van der Waals surface area contributed by atoms with Gasteiger partial charge in [-0.05, 0) is 49.4 Å². The van der Waals surface area contributed by atoms with Crippen LogP contribution < -0.4 is 5.32 Å². The van der Waals surface area contributed by atoms with Crippen LogP contribution in [-0.2, 0) is 11.2 Å². The normalized spacial score (nSPS) is 14.2. The van der Waals surface area contributed by atoms with E-state index in [1.807, 2.05) is 41.4 Å². The van der Waals surface area contributed by atoms with E-state index in [0.717, 1.165) is 42.4 Å². The second-order valence-electron chi connectivity index (χ2n) is 7.31. The molecule has 0 bridgehead atoms. The summed E-state index contributed by atoms with van der Waals surface area (Å²) in [5.41, 5.74) is 3.38. The average Bonchev–Trinajstić information content (AvgIpc) is 3.16. The third-order valence-corrected chi connectivity index (χ3v) is 5.37. The van der Waals surface area contributed by atoms with Gasteiger partial charge in [0.2, 0.25) is 5.91 Å². The molecule has 0 saturated carbocycles. The first-order valence-corrected chi connectivity index (χ1v) is 9.95. The molecule has 28 heavy (non-hydrogen) atoms. The number of para-hydroxylation sites is 2. The zero-order valence-electron chi connectivity index (χ0n) is 15.9. The Bertz CT molecular complexity index is 986. The average molecular weight is 375 g/mol. The second kappa shape index (κ2) is 8.30. The number of anilines is 1. The van der Waals surface area contributed by atoms with Crippen molar-refractivity contribution in [1.29, 1.82) is 0 Å². The minimum absolute atomic E-state index is 0.00669. The van der Waals surface area contributed by atoms with Gasteiger partial charge >= 0.3 is 0 Å². The summed E-state index contributed by atoms with van der Waals surface area (Å²) in [6.45, 7) is 1.59. The summed E-state index contributed by atoms with van der Waals surface area (Å²) in [5.74, 6) is -0.0728. The molecule has 3 aromatic rings. The highest BCUT2D eigenvalue weighted by atomic mass is 16.2. The Morgan fingerprint density at radius 3 is 2.57 bits per heavy atom. The molecule has 2 aromatic carbocycles. The third-order valence-electron chi connectivity index (χ3n) is 5.37. The molecular weight excluding hydrogens is 350 g/mol. The van der Waals surface area contributed by atoms with Gasteiger partial charge in [-0.2, -0.15) is 0 Å². The lowest BCUT2D eigenvalue weighted by Crippen LogP contribution is -2.36. The first-order valence-electron chi connectivity index (χ1n) is 9.95. The van der Waals surface area contributed by atoms with Crippen molar-refractivity contribution in [3.63, 3.8) is 0 Å². The molecule has 4 rings (SSSR count). The van der Waals surface area contributed by atoms with Crippen molar-refractivity contribution in [2.24, 2.45) is 0 Å². The molecule has 1 aliphatic heterocycles. The molecule has 0 spiro atoms. The van der Waals surface area contributed by atoms with Crippen LogP contribution in [0.5, 0.6) is 0 Å². The standard InChI is InChI=1S/C23H25N3O2/c27-22(13-12-17-16-24-20-10-4-2-8-18(17)20)25-21-11-5-3-9-19(21)23(28)26-14-6-1-7-15-26/h2-5,8-11,16,24H,1,6-7,12-15H2,(H,25,27). The number of nitrogens with zero attached hydrogens (tertiary/aromatic N) is 1. The number of benzene rings is 2. The molecule has 5 heteroatoms. The van der Waals surface area contributed by atoms with Gasteiger partial charge < -0.3 is 15.2 Å². The topological polar surface area (TPSA) is 65.2 Å². The van der Waals surface area contributed by atoms with E-state index in [9.17, 15) is 9.59 Å². The van der Waals surface area contributed by atoms with Crippen LogP contribution in [0.15, 0.2) is 54.7 Å². The molecule has 1 aromatic heterocycles. The predicted octanol–water partition coefficient (Wildman–Crippen LogP) is 4.37. The molecule has 1 aliphatic rings. The summed E-state index contributed by atoms with van der Waals surface area (Å²) < 4.78 is 0. The highest BCUT2D eigenvalue weighted by Gasteiger charge is 2.21. The van der Waals surface area contributed by atoms with Crippen molar-refractivity contribution in [1.82, 2.24) is 9.88 Å². The van der Waals surface area contributed by atoms with Crippen LogP contribution in [0, 0.1) is 0 Å². The lowest BCUT2D eigenvalue weighted by atomic mass is 10.1. The van der Waals surface area contributed by atoms with E-state index in [0.29, 0.717) is 24.1 Å². The van der Waals surface area contributed by atoms with E-state index in [2.05, 4.69) is 16.4 Å². The van der Waals surface area contributed by atoms with Gasteiger partial charge in [0, 0.05) is 36.6 Å². The van der Waals surface area contributed by atoms with Crippen LogP contribution in [0.3, 0.4) is 0 Å². The lowest BCUT2D eigenvalue weighted by Gasteiger charge is -2.27. The summed E-state index contributed by atoms with van der Waals surface area (Å²) in [6, 6.07) is 15.4. The van der Waals surface area contributed by atoms with E-state index < -0.39 is 0 Å². The fourth-order valence-corrected chi connectivity index (χ4v) is 3.85.